The largest absolute Gasteiger partial charge is 0.322 e. The van der Waals surface area contributed by atoms with E-state index in [0.717, 1.165) is 11.1 Å². The van der Waals surface area contributed by atoms with E-state index in [9.17, 15) is 13.2 Å². The zero-order valence-corrected chi connectivity index (χ0v) is 16.7. The number of nitrogens with zero attached hydrogens (tertiary/aromatic N) is 1. The van der Waals surface area contributed by atoms with Crippen LogP contribution in [0, 0.1) is 20.8 Å². The average molecular weight is 395 g/mol. The van der Waals surface area contributed by atoms with Crippen LogP contribution in [-0.2, 0) is 10.0 Å². The highest BCUT2D eigenvalue weighted by Crippen LogP contribution is 2.25. The minimum atomic E-state index is -3.82. The van der Waals surface area contributed by atoms with Gasteiger partial charge in [-0.15, -0.1) is 0 Å². The van der Waals surface area contributed by atoms with E-state index in [1.54, 1.807) is 43.5 Å². The van der Waals surface area contributed by atoms with Crippen LogP contribution in [0.25, 0.3) is 0 Å². The molecule has 7 heteroatoms. The lowest BCUT2D eigenvalue weighted by Gasteiger charge is -2.14. The molecule has 1 heterocycles. The lowest BCUT2D eigenvalue weighted by atomic mass is 10.1. The predicted octanol–water partition coefficient (Wildman–Crippen LogP) is 4.06. The van der Waals surface area contributed by atoms with E-state index in [4.69, 9.17) is 0 Å². The van der Waals surface area contributed by atoms with Crippen molar-refractivity contribution in [3.63, 3.8) is 0 Å². The van der Waals surface area contributed by atoms with Crippen LogP contribution in [0.3, 0.4) is 0 Å². The van der Waals surface area contributed by atoms with Gasteiger partial charge in [-0.2, -0.15) is 0 Å². The normalized spacial score (nSPS) is 11.1. The first-order chi connectivity index (χ1) is 13.3. The summed E-state index contributed by atoms with van der Waals surface area (Å²) in [7, 11) is -3.82. The van der Waals surface area contributed by atoms with Crippen LogP contribution in [0.15, 0.2) is 65.8 Å². The molecule has 1 amide bonds. The zero-order valence-electron chi connectivity index (χ0n) is 15.9. The van der Waals surface area contributed by atoms with Gasteiger partial charge in [-0.3, -0.25) is 14.5 Å². The van der Waals surface area contributed by atoms with Crippen molar-refractivity contribution in [1.29, 1.82) is 0 Å². The van der Waals surface area contributed by atoms with Crippen molar-refractivity contribution in [3.8, 4) is 0 Å². The molecule has 0 aliphatic carbocycles. The Hall–Kier alpha value is -3.19. The summed E-state index contributed by atoms with van der Waals surface area (Å²) in [6.07, 6.45) is 3.02. The molecule has 0 aliphatic rings. The second kappa shape index (κ2) is 7.82. The quantitative estimate of drug-likeness (QED) is 0.682. The third kappa shape index (κ3) is 4.37. The SMILES string of the molecule is Cc1ccc(NS(=O)(=O)c2cc(NC(=O)c3cccnc3)ccc2C)c(C)c1. The summed E-state index contributed by atoms with van der Waals surface area (Å²) in [4.78, 5) is 16.3. The Kier molecular flexibility index (Phi) is 5.46. The van der Waals surface area contributed by atoms with Crippen LogP contribution in [0.2, 0.25) is 0 Å². The van der Waals surface area contributed by atoms with Crippen molar-refractivity contribution in [3.05, 3.63) is 83.2 Å². The van der Waals surface area contributed by atoms with Crippen LogP contribution in [0.4, 0.5) is 11.4 Å². The highest BCUT2D eigenvalue weighted by molar-refractivity contribution is 7.92. The summed E-state index contributed by atoms with van der Waals surface area (Å²) in [5.74, 6) is -0.359. The average Bonchev–Trinajstić information content (AvgIpc) is 2.66. The third-order valence-electron chi connectivity index (χ3n) is 4.29. The van der Waals surface area contributed by atoms with E-state index in [0.29, 0.717) is 22.5 Å². The molecule has 0 aliphatic heterocycles. The van der Waals surface area contributed by atoms with Gasteiger partial charge in [0.15, 0.2) is 0 Å². The van der Waals surface area contributed by atoms with Crippen LogP contribution >= 0.6 is 0 Å². The van der Waals surface area contributed by atoms with Crippen molar-refractivity contribution in [2.24, 2.45) is 0 Å². The molecular weight excluding hydrogens is 374 g/mol. The summed E-state index contributed by atoms with van der Waals surface area (Å²) < 4.78 is 28.5. The molecule has 0 saturated heterocycles. The maximum atomic E-state index is 12.9. The number of hydrogen-bond donors (Lipinski definition) is 2. The topological polar surface area (TPSA) is 88.2 Å². The van der Waals surface area contributed by atoms with E-state index in [1.807, 2.05) is 26.0 Å². The van der Waals surface area contributed by atoms with Crippen molar-refractivity contribution >= 4 is 27.3 Å². The zero-order chi connectivity index (χ0) is 20.3. The van der Waals surface area contributed by atoms with Crippen molar-refractivity contribution in [2.75, 3.05) is 10.0 Å². The van der Waals surface area contributed by atoms with Gasteiger partial charge in [0.05, 0.1) is 16.1 Å². The van der Waals surface area contributed by atoms with Crippen LogP contribution in [0.1, 0.15) is 27.0 Å². The lowest BCUT2D eigenvalue weighted by Crippen LogP contribution is -2.17. The fourth-order valence-electron chi connectivity index (χ4n) is 2.80. The molecule has 0 fully saturated rings. The van der Waals surface area contributed by atoms with Crippen molar-refractivity contribution in [1.82, 2.24) is 4.98 Å². The van der Waals surface area contributed by atoms with E-state index >= 15 is 0 Å². The Labute approximate surface area is 164 Å². The number of anilines is 2. The highest BCUT2D eigenvalue weighted by Gasteiger charge is 2.19. The minimum Gasteiger partial charge on any atom is -0.322 e. The Morgan fingerprint density at radius 1 is 0.964 bits per heavy atom. The van der Waals surface area contributed by atoms with E-state index in [1.165, 1.54) is 12.3 Å². The van der Waals surface area contributed by atoms with Gasteiger partial charge < -0.3 is 5.32 Å². The van der Waals surface area contributed by atoms with Crippen LogP contribution < -0.4 is 10.0 Å². The molecule has 3 aromatic rings. The fourth-order valence-corrected chi connectivity index (χ4v) is 4.20. The number of aryl methyl sites for hydroxylation is 3. The summed E-state index contributed by atoms with van der Waals surface area (Å²) in [5, 5.41) is 2.71. The summed E-state index contributed by atoms with van der Waals surface area (Å²) in [5.41, 5.74) is 3.77. The Morgan fingerprint density at radius 3 is 2.43 bits per heavy atom. The van der Waals surface area contributed by atoms with Gasteiger partial charge in [-0.05, 0) is 62.2 Å². The van der Waals surface area contributed by atoms with Gasteiger partial charge in [-0.25, -0.2) is 8.42 Å². The van der Waals surface area contributed by atoms with E-state index in [2.05, 4.69) is 15.0 Å². The van der Waals surface area contributed by atoms with Gasteiger partial charge in [-0.1, -0.05) is 23.8 Å². The Morgan fingerprint density at radius 2 is 1.75 bits per heavy atom. The van der Waals surface area contributed by atoms with Gasteiger partial charge in [0.2, 0.25) is 0 Å². The minimum absolute atomic E-state index is 0.108. The standard InChI is InChI=1S/C21H21N3O3S/c1-14-6-9-19(16(3)11-14)24-28(26,27)20-12-18(8-7-15(20)2)23-21(25)17-5-4-10-22-13-17/h4-13,24H,1-3H3,(H,23,25). The van der Waals surface area contributed by atoms with E-state index in [-0.39, 0.29) is 10.8 Å². The molecule has 6 nitrogen and oxygen atoms in total. The summed E-state index contributed by atoms with van der Waals surface area (Å²) >= 11 is 0. The number of carbonyl (C=O) groups is 1. The first kappa shape index (κ1) is 19.6. The Bertz CT molecular complexity index is 1130. The third-order valence-corrected chi connectivity index (χ3v) is 5.79. The smallest absolute Gasteiger partial charge is 0.262 e. The second-order valence-electron chi connectivity index (χ2n) is 6.60. The number of aromatic nitrogens is 1. The number of rotatable bonds is 5. The monoisotopic (exact) mass is 395 g/mol. The first-order valence-corrected chi connectivity index (χ1v) is 10.2. The molecule has 0 spiro atoms. The van der Waals surface area contributed by atoms with E-state index < -0.39 is 10.0 Å². The molecule has 0 bridgehead atoms. The number of sulfonamides is 1. The summed E-state index contributed by atoms with van der Waals surface area (Å²) in [6, 6.07) is 13.6. The van der Waals surface area contributed by atoms with Crippen molar-refractivity contribution in [2.45, 2.75) is 25.7 Å². The van der Waals surface area contributed by atoms with Crippen LogP contribution in [0.5, 0.6) is 0 Å². The number of hydrogen-bond acceptors (Lipinski definition) is 4. The Balaban J connectivity index is 1.89. The van der Waals surface area contributed by atoms with Gasteiger partial charge >= 0.3 is 0 Å². The molecule has 0 atom stereocenters. The molecule has 0 saturated carbocycles. The number of amides is 1. The molecule has 0 unspecified atom stereocenters. The number of pyridine rings is 1. The second-order valence-corrected chi connectivity index (χ2v) is 8.25. The van der Waals surface area contributed by atoms with Gasteiger partial charge in [0.1, 0.15) is 0 Å². The first-order valence-electron chi connectivity index (χ1n) is 8.68. The number of benzene rings is 2. The van der Waals surface area contributed by atoms with Crippen molar-refractivity contribution < 1.29 is 13.2 Å². The molecule has 0 radical (unpaired) electrons. The molecule has 1 aromatic heterocycles. The fraction of sp³-hybridized carbons (Fsp3) is 0.143. The van der Waals surface area contributed by atoms with Crippen LogP contribution in [-0.4, -0.2) is 19.3 Å². The molecule has 2 aromatic carbocycles. The predicted molar refractivity (Wildman–Crippen MR) is 110 cm³/mol. The maximum Gasteiger partial charge on any atom is 0.262 e. The molecule has 3 rings (SSSR count). The summed E-state index contributed by atoms with van der Waals surface area (Å²) in [6.45, 7) is 5.51. The molecule has 2 N–H and O–H groups in total. The number of nitrogens with one attached hydrogen (secondary N) is 2. The number of carbonyl (C=O) groups excluding carboxylic acids is 1. The molecule has 144 valence electrons. The van der Waals surface area contributed by atoms with Gasteiger partial charge in [0.25, 0.3) is 15.9 Å². The van der Waals surface area contributed by atoms with Gasteiger partial charge in [0, 0.05) is 18.1 Å². The molecular formula is C21H21N3O3S. The highest BCUT2D eigenvalue weighted by atomic mass is 32.2. The molecule has 28 heavy (non-hydrogen) atoms. The lowest BCUT2D eigenvalue weighted by molar-refractivity contribution is 0.102. The maximum absolute atomic E-state index is 12.9.